The van der Waals surface area contributed by atoms with E-state index in [-0.39, 0.29) is 5.78 Å². The second-order valence-corrected chi connectivity index (χ2v) is 6.81. The molecule has 2 unspecified atom stereocenters. The first-order chi connectivity index (χ1) is 12.6. The van der Waals surface area contributed by atoms with Crippen molar-refractivity contribution in [1.29, 1.82) is 0 Å². The average molecular weight is 372 g/mol. The fourth-order valence-corrected chi connectivity index (χ4v) is 2.79. The van der Waals surface area contributed by atoms with Crippen LogP contribution in [0.15, 0.2) is 66.5 Å². The van der Waals surface area contributed by atoms with E-state index >= 15 is 0 Å². The van der Waals surface area contributed by atoms with Crippen LogP contribution in [0.5, 0.6) is 5.75 Å². The summed E-state index contributed by atoms with van der Waals surface area (Å²) in [6, 6.07) is 18.4. The lowest BCUT2D eigenvalue weighted by Gasteiger charge is -2.16. The second-order valence-electron chi connectivity index (χ2n) is 6.14. The van der Waals surface area contributed by atoms with Crippen LogP contribution >= 0.6 is 9.24 Å². The number of benzene rings is 2. The van der Waals surface area contributed by atoms with Crippen LogP contribution in [-0.2, 0) is 6.54 Å². The number of hydrogen-bond acceptors (Lipinski definition) is 5. The van der Waals surface area contributed by atoms with Crippen LogP contribution in [-0.4, -0.2) is 18.2 Å². The predicted molar refractivity (Wildman–Crippen MR) is 111 cm³/mol. The molecular weight excluding hydrogens is 343 g/mol. The molecule has 2 rings (SSSR count). The molecule has 5 N–H and O–H groups in total. The Morgan fingerprint density at radius 2 is 1.88 bits per heavy atom. The minimum absolute atomic E-state index is 0.175. The summed E-state index contributed by atoms with van der Waals surface area (Å²) in [6.07, 6.45) is 2.68. The molecule has 0 aliphatic carbocycles. The third-order valence-electron chi connectivity index (χ3n) is 3.83. The Balaban J connectivity index is 1.81. The van der Waals surface area contributed by atoms with Gasteiger partial charge in [0.1, 0.15) is 12.4 Å². The maximum Gasteiger partial charge on any atom is 0.129 e. The molecule has 0 radical (unpaired) electrons. The smallest absolute Gasteiger partial charge is 0.129 e. The van der Waals surface area contributed by atoms with Gasteiger partial charge in [-0.2, -0.15) is 0 Å². The molecule has 0 saturated heterocycles. The molecule has 2 aromatic rings. The Hall–Kier alpha value is -2.07. The lowest BCUT2D eigenvalue weighted by Crippen LogP contribution is -2.28. The SMILES string of the molecule is CCCN(N)/C=C(\N)COc1ccc(C(P)NCc2ccccc2)cc1. The van der Waals surface area contributed by atoms with Gasteiger partial charge in [-0.3, -0.25) is 0 Å². The number of hydrazine groups is 1. The molecule has 0 amide bonds. The van der Waals surface area contributed by atoms with E-state index < -0.39 is 0 Å². The summed E-state index contributed by atoms with van der Waals surface area (Å²) in [4.78, 5) is 0. The van der Waals surface area contributed by atoms with Crippen molar-refractivity contribution >= 4 is 9.24 Å². The van der Waals surface area contributed by atoms with Crippen LogP contribution < -0.4 is 21.6 Å². The monoisotopic (exact) mass is 372 g/mol. The molecule has 2 aromatic carbocycles. The first kappa shape index (κ1) is 20.2. The predicted octanol–water partition coefficient (Wildman–Crippen LogP) is 3.11. The minimum atomic E-state index is 0.175. The topological polar surface area (TPSA) is 76.5 Å². The van der Waals surface area contributed by atoms with E-state index in [9.17, 15) is 0 Å². The molecule has 140 valence electrons. The highest BCUT2D eigenvalue weighted by Crippen LogP contribution is 2.23. The normalized spacial score (nSPS) is 12.7. The van der Waals surface area contributed by atoms with Crippen LogP contribution in [0.25, 0.3) is 0 Å². The third-order valence-corrected chi connectivity index (χ3v) is 4.45. The van der Waals surface area contributed by atoms with Crippen molar-refractivity contribution in [2.75, 3.05) is 13.2 Å². The highest BCUT2D eigenvalue weighted by molar-refractivity contribution is 7.17. The van der Waals surface area contributed by atoms with Crippen LogP contribution in [0.4, 0.5) is 0 Å². The number of nitrogens with two attached hydrogens (primary N) is 2. The maximum absolute atomic E-state index is 5.93. The van der Waals surface area contributed by atoms with Crippen LogP contribution in [0.3, 0.4) is 0 Å². The van der Waals surface area contributed by atoms with Crippen molar-refractivity contribution in [3.05, 3.63) is 77.6 Å². The fourth-order valence-electron chi connectivity index (χ4n) is 2.45. The molecule has 6 heteroatoms. The third kappa shape index (κ3) is 7.04. The molecule has 0 saturated carbocycles. The highest BCUT2D eigenvalue weighted by atomic mass is 31.0. The Morgan fingerprint density at radius 3 is 2.54 bits per heavy atom. The van der Waals surface area contributed by atoms with Crippen molar-refractivity contribution in [2.24, 2.45) is 11.6 Å². The number of nitrogens with zero attached hydrogens (tertiary/aromatic N) is 1. The molecule has 0 aromatic heterocycles. The molecular formula is C20H29N4OP. The first-order valence-corrected chi connectivity index (χ1v) is 9.48. The fraction of sp³-hybridized carbons (Fsp3) is 0.300. The van der Waals surface area contributed by atoms with Crippen LogP contribution in [0.2, 0.25) is 0 Å². The minimum Gasteiger partial charge on any atom is -0.487 e. The standard InChI is InChI=1S/C20H29N4OP/c1-2-12-24(22)14-18(21)15-25-19-10-8-17(9-11-19)20(26)23-13-16-6-4-3-5-7-16/h3-11,14,20,23H,2,12-13,15,21-22,26H2,1H3/b18-14-. The molecule has 0 fully saturated rings. The molecule has 0 heterocycles. The van der Waals surface area contributed by atoms with E-state index in [2.05, 4.69) is 45.7 Å². The first-order valence-electron chi connectivity index (χ1n) is 8.81. The van der Waals surface area contributed by atoms with Gasteiger partial charge in [0.15, 0.2) is 0 Å². The zero-order chi connectivity index (χ0) is 18.8. The zero-order valence-corrected chi connectivity index (χ0v) is 16.4. The van der Waals surface area contributed by atoms with Gasteiger partial charge in [-0.15, -0.1) is 9.24 Å². The van der Waals surface area contributed by atoms with Crippen molar-refractivity contribution < 1.29 is 4.74 Å². The van der Waals surface area contributed by atoms with Crippen molar-refractivity contribution in [3.8, 4) is 5.75 Å². The van der Waals surface area contributed by atoms with Crippen molar-refractivity contribution in [3.63, 3.8) is 0 Å². The van der Waals surface area contributed by atoms with Gasteiger partial charge in [0.25, 0.3) is 0 Å². The Kier molecular flexibility index (Phi) is 8.42. The van der Waals surface area contributed by atoms with E-state index in [1.165, 1.54) is 11.1 Å². The molecule has 26 heavy (non-hydrogen) atoms. The molecule has 5 nitrogen and oxygen atoms in total. The number of hydrogen-bond donors (Lipinski definition) is 3. The average Bonchev–Trinajstić information content (AvgIpc) is 2.66. The van der Waals surface area contributed by atoms with Gasteiger partial charge in [-0.05, 0) is 29.7 Å². The van der Waals surface area contributed by atoms with E-state index in [1.807, 2.05) is 30.3 Å². The Labute approximate surface area is 158 Å². The summed E-state index contributed by atoms with van der Waals surface area (Å²) in [5, 5.41) is 5.07. The number of rotatable bonds is 10. The molecule has 0 spiro atoms. The number of ether oxygens (including phenoxy) is 1. The van der Waals surface area contributed by atoms with Gasteiger partial charge in [0.2, 0.25) is 0 Å². The van der Waals surface area contributed by atoms with Gasteiger partial charge >= 0.3 is 0 Å². The van der Waals surface area contributed by atoms with Crippen LogP contribution in [0, 0.1) is 0 Å². The number of nitrogens with one attached hydrogen (secondary N) is 1. The quantitative estimate of drug-likeness (QED) is 0.339. The van der Waals surface area contributed by atoms with E-state index in [0.29, 0.717) is 12.3 Å². The van der Waals surface area contributed by atoms with Gasteiger partial charge < -0.3 is 20.8 Å². The summed E-state index contributed by atoms with van der Waals surface area (Å²) in [6.45, 7) is 3.96. The van der Waals surface area contributed by atoms with Crippen LogP contribution in [0.1, 0.15) is 30.3 Å². The Bertz CT molecular complexity index is 676. The van der Waals surface area contributed by atoms with E-state index in [1.54, 1.807) is 11.2 Å². The summed E-state index contributed by atoms with van der Waals surface area (Å²) < 4.78 is 5.71. The maximum atomic E-state index is 5.93. The highest BCUT2D eigenvalue weighted by Gasteiger charge is 2.05. The summed E-state index contributed by atoms with van der Waals surface area (Å²) in [5.41, 5.74) is 8.96. The van der Waals surface area contributed by atoms with Crippen molar-refractivity contribution in [1.82, 2.24) is 10.3 Å². The lowest BCUT2D eigenvalue weighted by molar-refractivity contribution is 0.337. The van der Waals surface area contributed by atoms with Gasteiger partial charge in [0.05, 0.1) is 5.70 Å². The van der Waals surface area contributed by atoms with Crippen molar-refractivity contribution in [2.45, 2.75) is 25.7 Å². The van der Waals surface area contributed by atoms with Gasteiger partial charge in [0, 0.05) is 25.1 Å². The molecule has 0 bridgehead atoms. The largest absolute Gasteiger partial charge is 0.487 e. The van der Waals surface area contributed by atoms with E-state index in [0.717, 1.165) is 25.3 Å². The second kappa shape index (κ2) is 10.8. The molecule has 0 aliphatic rings. The van der Waals surface area contributed by atoms with Gasteiger partial charge in [-0.25, -0.2) is 5.84 Å². The zero-order valence-electron chi connectivity index (χ0n) is 15.3. The molecule has 0 aliphatic heterocycles. The van der Waals surface area contributed by atoms with Gasteiger partial charge in [-0.1, -0.05) is 49.4 Å². The van der Waals surface area contributed by atoms with E-state index in [4.69, 9.17) is 16.3 Å². The lowest BCUT2D eigenvalue weighted by atomic mass is 10.2. The summed E-state index contributed by atoms with van der Waals surface area (Å²) in [7, 11) is 2.83. The summed E-state index contributed by atoms with van der Waals surface area (Å²) in [5.74, 6) is 6.75. The Morgan fingerprint density at radius 1 is 1.19 bits per heavy atom. The summed E-state index contributed by atoms with van der Waals surface area (Å²) >= 11 is 0. The molecule has 2 atom stereocenters.